The Hall–Kier alpha value is -1.18. The molecule has 0 fully saturated rings. The second kappa shape index (κ2) is 25.9. The van der Waals surface area contributed by atoms with Crippen LogP contribution >= 0.6 is 0 Å². The quantitative estimate of drug-likeness (QED) is 0.225. The van der Waals surface area contributed by atoms with Crippen molar-refractivity contribution in [3.8, 4) is 0 Å². The molecule has 7 nitrogen and oxygen atoms in total. The fraction of sp³-hybridized carbons (Fsp3) is 0.913. The maximum Gasteiger partial charge on any atom is 0.303 e. The molecule has 0 rings (SSSR count). The number of aliphatic hydroxyl groups excluding tert-OH is 3. The van der Waals surface area contributed by atoms with Gasteiger partial charge in [-0.2, -0.15) is 0 Å². The number of hydrogen-bond donors (Lipinski definition) is 5. The third-order valence-corrected chi connectivity index (χ3v) is 4.27. The van der Waals surface area contributed by atoms with Crippen LogP contribution in [0, 0.1) is 11.8 Å². The molecule has 0 saturated carbocycles. The molecule has 182 valence electrons. The lowest BCUT2D eigenvalue weighted by Gasteiger charge is -2.02. The molecule has 0 radical (unpaired) electrons. The number of hydrogen-bond acceptors (Lipinski definition) is 5. The molecule has 30 heavy (non-hydrogen) atoms. The number of aliphatic carboxylic acids is 2. The molecule has 0 aliphatic heterocycles. The van der Waals surface area contributed by atoms with Gasteiger partial charge in [-0.25, -0.2) is 0 Å². The van der Waals surface area contributed by atoms with Crippen molar-refractivity contribution in [1.29, 1.82) is 0 Å². The molecule has 5 N–H and O–H groups in total. The summed E-state index contributed by atoms with van der Waals surface area (Å²) < 4.78 is 0. The van der Waals surface area contributed by atoms with Gasteiger partial charge in [-0.05, 0) is 24.7 Å². The molecular formula is C23H48O7. The highest BCUT2D eigenvalue weighted by molar-refractivity contribution is 5.66. The Balaban J connectivity index is -0.000000386. The van der Waals surface area contributed by atoms with Crippen LogP contribution in [0.1, 0.15) is 105 Å². The number of carboxylic acids is 2. The average Bonchev–Trinajstić information content (AvgIpc) is 2.66. The van der Waals surface area contributed by atoms with Crippen molar-refractivity contribution in [3.05, 3.63) is 0 Å². The first-order valence-electron chi connectivity index (χ1n) is 11.4. The first-order valence-corrected chi connectivity index (χ1v) is 11.4. The van der Waals surface area contributed by atoms with Crippen LogP contribution in [0.5, 0.6) is 0 Å². The van der Waals surface area contributed by atoms with Crippen molar-refractivity contribution in [2.24, 2.45) is 11.8 Å². The molecule has 0 spiro atoms. The predicted molar refractivity (Wildman–Crippen MR) is 121 cm³/mol. The molecule has 0 amide bonds. The van der Waals surface area contributed by atoms with E-state index in [1.165, 1.54) is 38.5 Å². The number of carboxylic acid groups (broad SMARTS) is 2. The topological polar surface area (TPSA) is 135 Å². The Bertz CT molecular complexity index is 337. The first-order chi connectivity index (χ1) is 14.1. The molecule has 0 atom stereocenters. The monoisotopic (exact) mass is 436 g/mol. The molecule has 0 unspecified atom stereocenters. The zero-order valence-corrected chi connectivity index (χ0v) is 19.7. The molecule has 7 heteroatoms. The molecule has 0 bridgehead atoms. The lowest BCUT2D eigenvalue weighted by Crippen LogP contribution is -2.15. The maximum absolute atomic E-state index is 10.1. The minimum atomic E-state index is -0.954. The smallest absolute Gasteiger partial charge is 0.303 e. The minimum absolute atomic E-state index is 0.335. The van der Waals surface area contributed by atoms with Crippen molar-refractivity contribution < 1.29 is 35.1 Å². The fourth-order valence-electron chi connectivity index (χ4n) is 2.42. The summed E-state index contributed by atoms with van der Waals surface area (Å²) in [4.78, 5) is 20.3. The van der Waals surface area contributed by atoms with Gasteiger partial charge in [0.15, 0.2) is 0 Å². The maximum atomic E-state index is 10.1. The summed E-state index contributed by atoms with van der Waals surface area (Å²) in [6.45, 7) is 8.15. The summed E-state index contributed by atoms with van der Waals surface area (Å²) in [5.74, 6) is 0.228. The number of aliphatic hydroxyl groups is 3. The van der Waals surface area contributed by atoms with E-state index < -0.39 is 18.0 Å². The van der Waals surface area contributed by atoms with Crippen LogP contribution in [0.4, 0.5) is 0 Å². The van der Waals surface area contributed by atoms with Crippen LogP contribution in [0.2, 0.25) is 0 Å². The Labute approximate surface area is 183 Å². The van der Waals surface area contributed by atoms with Gasteiger partial charge in [-0.3, -0.25) is 9.59 Å². The lowest BCUT2D eigenvalue weighted by molar-refractivity contribution is -0.138. The summed E-state index contributed by atoms with van der Waals surface area (Å²) in [6, 6.07) is 0. The van der Waals surface area contributed by atoms with Gasteiger partial charge < -0.3 is 25.5 Å². The number of rotatable bonds is 16. The van der Waals surface area contributed by atoms with Crippen LogP contribution < -0.4 is 0 Å². The van der Waals surface area contributed by atoms with E-state index in [1.807, 2.05) is 0 Å². The number of unbranched alkanes of at least 4 members (excludes halogenated alkanes) is 6. The van der Waals surface area contributed by atoms with E-state index in [1.54, 1.807) is 0 Å². The summed E-state index contributed by atoms with van der Waals surface area (Å²) >= 11 is 0. The third kappa shape index (κ3) is 41.2. The molecular weight excluding hydrogens is 388 g/mol. The van der Waals surface area contributed by atoms with Gasteiger partial charge in [0, 0.05) is 12.8 Å². The Kier molecular flexibility index (Phi) is 28.8. The van der Waals surface area contributed by atoms with E-state index in [9.17, 15) is 9.59 Å². The molecule has 0 saturated heterocycles. The van der Waals surface area contributed by atoms with Crippen molar-refractivity contribution in [2.45, 2.75) is 111 Å². The molecule has 0 heterocycles. The Morgan fingerprint density at radius 1 is 0.600 bits per heavy atom. The van der Waals surface area contributed by atoms with Gasteiger partial charge in [0.25, 0.3) is 0 Å². The Morgan fingerprint density at radius 2 is 0.900 bits per heavy atom. The molecule has 0 aliphatic carbocycles. The van der Waals surface area contributed by atoms with E-state index >= 15 is 0 Å². The van der Waals surface area contributed by atoms with Crippen molar-refractivity contribution in [3.63, 3.8) is 0 Å². The van der Waals surface area contributed by atoms with Gasteiger partial charge in [-0.15, -0.1) is 0 Å². The van der Waals surface area contributed by atoms with E-state index in [-0.39, 0.29) is 13.2 Å². The highest BCUT2D eigenvalue weighted by Crippen LogP contribution is 2.11. The van der Waals surface area contributed by atoms with Gasteiger partial charge >= 0.3 is 11.9 Å². The fourth-order valence-corrected chi connectivity index (χ4v) is 2.42. The Morgan fingerprint density at radius 3 is 1.10 bits per heavy atom. The van der Waals surface area contributed by atoms with E-state index in [0.717, 1.165) is 37.5 Å². The van der Waals surface area contributed by atoms with E-state index in [4.69, 9.17) is 25.5 Å². The predicted octanol–water partition coefficient (Wildman–Crippen LogP) is 4.47. The molecule has 0 aromatic heterocycles. The van der Waals surface area contributed by atoms with Gasteiger partial charge in [0.1, 0.15) is 6.10 Å². The summed E-state index contributed by atoms with van der Waals surface area (Å²) in [5.41, 5.74) is 0. The average molecular weight is 437 g/mol. The third-order valence-electron chi connectivity index (χ3n) is 4.27. The van der Waals surface area contributed by atoms with Crippen molar-refractivity contribution >= 4 is 11.9 Å². The molecule has 0 aromatic carbocycles. The summed E-state index contributed by atoms with van der Waals surface area (Å²) in [5, 5.41) is 40.7. The van der Waals surface area contributed by atoms with Crippen LogP contribution in [-0.2, 0) is 9.59 Å². The van der Waals surface area contributed by atoms with E-state index in [2.05, 4.69) is 27.7 Å². The second-order valence-electron chi connectivity index (χ2n) is 8.50. The van der Waals surface area contributed by atoms with Crippen LogP contribution in [0.3, 0.4) is 0 Å². The van der Waals surface area contributed by atoms with Crippen molar-refractivity contribution in [2.75, 3.05) is 13.2 Å². The van der Waals surface area contributed by atoms with Gasteiger partial charge in [0.2, 0.25) is 0 Å². The summed E-state index contributed by atoms with van der Waals surface area (Å²) in [6.07, 6.45) is 10.9. The van der Waals surface area contributed by atoms with Crippen LogP contribution in [-0.4, -0.2) is 56.8 Å². The normalized spacial score (nSPS) is 10.5. The molecule has 0 aliphatic rings. The van der Waals surface area contributed by atoms with E-state index in [0.29, 0.717) is 12.8 Å². The first kappa shape index (κ1) is 33.5. The highest BCUT2D eigenvalue weighted by Gasteiger charge is 1.98. The lowest BCUT2D eigenvalue weighted by atomic mass is 10.0. The second-order valence-corrected chi connectivity index (χ2v) is 8.50. The SMILES string of the molecule is CC(C)CCCCCCC(=O)O.CC(C)CCCCCCC(=O)O.OCC(O)CO. The molecule has 0 aromatic rings. The van der Waals surface area contributed by atoms with Gasteiger partial charge in [-0.1, -0.05) is 79.1 Å². The van der Waals surface area contributed by atoms with Gasteiger partial charge in [0.05, 0.1) is 13.2 Å². The zero-order valence-electron chi connectivity index (χ0n) is 19.7. The largest absolute Gasteiger partial charge is 0.481 e. The number of carbonyl (C=O) groups is 2. The van der Waals surface area contributed by atoms with Crippen LogP contribution in [0.25, 0.3) is 0 Å². The van der Waals surface area contributed by atoms with Crippen LogP contribution in [0.15, 0.2) is 0 Å². The highest BCUT2D eigenvalue weighted by atomic mass is 16.4. The summed E-state index contributed by atoms with van der Waals surface area (Å²) in [7, 11) is 0. The minimum Gasteiger partial charge on any atom is -0.481 e. The van der Waals surface area contributed by atoms with Crippen molar-refractivity contribution in [1.82, 2.24) is 0 Å². The standard InChI is InChI=1S/2C10H20O2.C3H8O3/c2*1-9(2)7-5-3-4-6-8-10(11)12;4-1-3(6)2-5/h2*9H,3-8H2,1-2H3,(H,11,12);3-6H,1-2H2. The zero-order chi connectivity index (χ0) is 23.8.